The summed E-state index contributed by atoms with van der Waals surface area (Å²) in [4.78, 5) is 43.5. The van der Waals surface area contributed by atoms with Crippen LogP contribution in [0, 0.1) is 5.82 Å². The van der Waals surface area contributed by atoms with Gasteiger partial charge in [-0.05, 0) is 24.3 Å². The molecule has 8 nitrogen and oxygen atoms in total. The largest absolute Gasteiger partial charge is 0.367 e. The number of carbonyl (C=O) groups is 3. The number of nitrogens with one attached hydrogen (secondary N) is 2. The smallest absolute Gasteiger partial charge is 0.243 e. The Balaban J connectivity index is 1.33. The quantitative estimate of drug-likeness (QED) is 0.689. The molecule has 0 aromatic heterocycles. The number of halogens is 1. The van der Waals surface area contributed by atoms with Crippen LogP contribution in [0.1, 0.15) is 6.42 Å². The molecule has 0 aliphatic carbocycles. The normalized spacial score (nSPS) is 19.2. The molecule has 174 valence electrons. The zero-order valence-electron chi connectivity index (χ0n) is 18.4. The predicted molar refractivity (Wildman–Crippen MR) is 123 cm³/mol. The van der Waals surface area contributed by atoms with Crippen molar-refractivity contribution < 1.29 is 18.8 Å². The lowest BCUT2D eigenvalue weighted by atomic mass is 10.1. The number of benzene rings is 2. The second-order valence-corrected chi connectivity index (χ2v) is 8.23. The van der Waals surface area contributed by atoms with Crippen LogP contribution in [0.3, 0.4) is 0 Å². The Labute approximate surface area is 192 Å². The molecule has 2 aliphatic rings. The van der Waals surface area contributed by atoms with E-state index in [1.165, 1.54) is 11.0 Å². The number of nitrogens with zero attached hydrogens (tertiary/aromatic N) is 3. The van der Waals surface area contributed by atoms with E-state index in [-0.39, 0.29) is 36.5 Å². The third-order valence-corrected chi connectivity index (χ3v) is 6.01. The first-order valence-corrected chi connectivity index (χ1v) is 11.1. The summed E-state index contributed by atoms with van der Waals surface area (Å²) in [6.45, 7) is 3.33. The summed E-state index contributed by atoms with van der Waals surface area (Å²) in [5, 5.41) is 5.52. The molecule has 9 heteroatoms. The third-order valence-electron chi connectivity index (χ3n) is 6.01. The van der Waals surface area contributed by atoms with Crippen LogP contribution >= 0.6 is 0 Å². The number of hydrogen-bond acceptors (Lipinski definition) is 5. The monoisotopic (exact) mass is 453 g/mol. The topological polar surface area (TPSA) is 85.0 Å². The van der Waals surface area contributed by atoms with Crippen molar-refractivity contribution in [3.8, 4) is 0 Å². The van der Waals surface area contributed by atoms with Crippen molar-refractivity contribution in [1.82, 2.24) is 15.1 Å². The maximum Gasteiger partial charge on any atom is 0.243 e. The molecule has 2 heterocycles. The zero-order valence-corrected chi connectivity index (χ0v) is 18.4. The summed E-state index contributed by atoms with van der Waals surface area (Å²) in [5.74, 6) is -1.07. The first-order valence-electron chi connectivity index (χ1n) is 11.1. The molecule has 0 saturated carbocycles. The van der Waals surface area contributed by atoms with Crippen LogP contribution < -0.4 is 15.5 Å². The molecular weight excluding hydrogens is 425 g/mol. The van der Waals surface area contributed by atoms with Crippen LogP contribution in [0.25, 0.3) is 0 Å². The van der Waals surface area contributed by atoms with Crippen molar-refractivity contribution >= 4 is 29.1 Å². The molecule has 2 aliphatic heterocycles. The van der Waals surface area contributed by atoms with Crippen LogP contribution in [-0.2, 0) is 14.4 Å². The van der Waals surface area contributed by atoms with Gasteiger partial charge in [0.15, 0.2) is 0 Å². The van der Waals surface area contributed by atoms with Crippen LogP contribution in [0.2, 0.25) is 0 Å². The van der Waals surface area contributed by atoms with Gasteiger partial charge >= 0.3 is 0 Å². The molecule has 1 atom stereocenters. The fourth-order valence-electron chi connectivity index (χ4n) is 4.26. The lowest BCUT2D eigenvalue weighted by molar-refractivity contribution is -0.145. The van der Waals surface area contributed by atoms with Gasteiger partial charge in [-0.15, -0.1) is 0 Å². The van der Waals surface area contributed by atoms with Gasteiger partial charge in [-0.1, -0.05) is 30.3 Å². The van der Waals surface area contributed by atoms with Gasteiger partial charge in [0, 0.05) is 45.0 Å². The number of anilines is 2. The molecule has 2 saturated heterocycles. The van der Waals surface area contributed by atoms with Crippen LogP contribution in [0.5, 0.6) is 0 Å². The minimum atomic E-state index is -0.838. The molecule has 2 fully saturated rings. The molecule has 2 aromatic rings. The molecular formula is C24H28FN5O3. The van der Waals surface area contributed by atoms with Crippen LogP contribution in [0.15, 0.2) is 54.6 Å². The van der Waals surface area contributed by atoms with E-state index in [1.54, 1.807) is 24.3 Å². The maximum atomic E-state index is 14.1. The van der Waals surface area contributed by atoms with Gasteiger partial charge in [-0.3, -0.25) is 19.3 Å². The molecule has 0 unspecified atom stereocenters. The lowest BCUT2D eigenvalue weighted by Crippen LogP contribution is -2.60. The highest BCUT2D eigenvalue weighted by Gasteiger charge is 2.35. The number of piperazine rings is 2. The van der Waals surface area contributed by atoms with Gasteiger partial charge in [-0.25, -0.2) is 4.39 Å². The third kappa shape index (κ3) is 5.67. The van der Waals surface area contributed by atoms with E-state index >= 15 is 0 Å². The zero-order chi connectivity index (χ0) is 23.2. The van der Waals surface area contributed by atoms with E-state index in [2.05, 4.69) is 10.6 Å². The molecule has 0 radical (unpaired) electrons. The second-order valence-electron chi connectivity index (χ2n) is 8.23. The number of hydrogen-bond donors (Lipinski definition) is 2. The molecule has 2 aromatic carbocycles. The van der Waals surface area contributed by atoms with Crippen molar-refractivity contribution in [3.63, 3.8) is 0 Å². The minimum absolute atomic E-state index is 0.104. The predicted octanol–water partition coefficient (Wildman–Crippen LogP) is 1.30. The van der Waals surface area contributed by atoms with Gasteiger partial charge in [-0.2, -0.15) is 0 Å². The van der Waals surface area contributed by atoms with Crippen molar-refractivity contribution in [3.05, 3.63) is 60.4 Å². The summed E-state index contributed by atoms with van der Waals surface area (Å²) in [7, 11) is 0. The molecule has 4 rings (SSSR count). The van der Waals surface area contributed by atoms with E-state index in [0.717, 1.165) is 0 Å². The molecule has 33 heavy (non-hydrogen) atoms. The van der Waals surface area contributed by atoms with E-state index in [4.69, 9.17) is 0 Å². The standard InChI is InChI=1S/C24H28FN5O3/c25-19-8-4-5-9-20(19)29-14-12-28(13-15-29)17-23(32)30-11-10-26-24(33)21(30)16-22(31)27-18-6-2-1-3-7-18/h1-9,21H,10-17H2,(H,26,33)(H,27,31)/t21-/m1/s1. The van der Waals surface area contributed by atoms with Crippen LogP contribution in [0.4, 0.5) is 15.8 Å². The van der Waals surface area contributed by atoms with Gasteiger partial charge in [0.1, 0.15) is 11.9 Å². The van der Waals surface area contributed by atoms with Gasteiger partial charge < -0.3 is 20.4 Å². The summed E-state index contributed by atoms with van der Waals surface area (Å²) >= 11 is 0. The van der Waals surface area contributed by atoms with Gasteiger partial charge in [0.25, 0.3) is 0 Å². The fraction of sp³-hybridized carbons (Fsp3) is 0.375. The van der Waals surface area contributed by atoms with Crippen molar-refractivity contribution in [2.75, 3.05) is 56.0 Å². The molecule has 2 N–H and O–H groups in total. The fourth-order valence-corrected chi connectivity index (χ4v) is 4.26. The average molecular weight is 454 g/mol. The van der Waals surface area contributed by atoms with Crippen molar-refractivity contribution in [2.24, 2.45) is 0 Å². The van der Waals surface area contributed by atoms with Crippen molar-refractivity contribution in [1.29, 1.82) is 0 Å². The highest BCUT2D eigenvalue weighted by atomic mass is 19.1. The van der Waals surface area contributed by atoms with Crippen molar-refractivity contribution in [2.45, 2.75) is 12.5 Å². The average Bonchev–Trinajstić information content (AvgIpc) is 2.82. The summed E-state index contributed by atoms with van der Waals surface area (Å²) in [6.07, 6.45) is -0.104. The number of amides is 3. The Morgan fingerprint density at radius 1 is 0.970 bits per heavy atom. The number of rotatable bonds is 6. The first-order chi connectivity index (χ1) is 16.0. The van der Waals surface area contributed by atoms with Gasteiger partial charge in [0.05, 0.1) is 18.7 Å². The van der Waals surface area contributed by atoms with Crippen LogP contribution in [-0.4, -0.2) is 79.4 Å². The number of para-hydroxylation sites is 2. The van der Waals surface area contributed by atoms with E-state index in [1.807, 2.05) is 34.1 Å². The highest BCUT2D eigenvalue weighted by molar-refractivity contribution is 5.97. The summed E-state index contributed by atoms with van der Waals surface area (Å²) in [5.41, 5.74) is 1.21. The Morgan fingerprint density at radius 3 is 2.39 bits per heavy atom. The lowest BCUT2D eigenvalue weighted by Gasteiger charge is -2.39. The first kappa shape index (κ1) is 22.7. The summed E-state index contributed by atoms with van der Waals surface area (Å²) < 4.78 is 14.1. The Bertz CT molecular complexity index is 995. The van der Waals surface area contributed by atoms with Gasteiger partial charge in [0.2, 0.25) is 17.7 Å². The minimum Gasteiger partial charge on any atom is -0.367 e. The molecule has 3 amide bonds. The Morgan fingerprint density at radius 2 is 1.67 bits per heavy atom. The Kier molecular flexibility index (Phi) is 7.19. The highest BCUT2D eigenvalue weighted by Crippen LogP contribution is 2.20. The second kappa shape index (κ2) is 10.4. The van der Waals surface area contributed by atoms with E-state index < -0.39 is 6.04 Å². The number of carbonyl (C=O) groups excluding carboxylic acids is 3. The maximum absolute atomic E-state index is 14.1. The van der Waals surface area contributed by atoms with E-state index in [9.17, 15) is 18.8 Å². The Hall–Kier alpha value is -3.46. The summed E-state index contributed by atoms with van der Waals surface area (Å²) in [6, 6.07) is 14.8. The molecule has 0 spiro atoms. The SMILES string of the molecule is O=C(C[C@@H]1C(=O)NCCN1C(=O)CN1CCN(c2ccccc2F)CC1)Nc1ccccc1. The van der Waals surface area contributed by atoms with E-state index in [0.29, 0.717) is 50.6 Å². The molecule has 0 bridgehead atoms.